The molecule has 0 aliphatic carbocycles. The zero-order chi connectivity index (χ0) is 20.6. The summed E-state index contributed by atoms with van der Waals surface area (Å²) in [4.78, 5) is 44.0. The number of carbonyl (C=O) groups excluding carboxylic acids is 1. The van der Waals surface area contributed by atoms with Gasteiger partial charge in [-0.15, -0.1) is 0 Å². The number of hydrogen-bond acceptors (Lipinski definition) is 10. The number of aldehydes is 1. The van der Waals surface area contributed by atoms with Crippen molar-refractivity contribution in [1.82, 2.24) is 0 Å². The van der Waals surface area contributed by atoms with Crippen LogP contribution in [-0.2, 0) is 13.9 Å². The van der Waals surface area contributed by atoms with Gasteiger partial charge in [-0.05, 0) is 6.54 Å². The minimum absolute atomic E-state index is 0.0258. The Kier molecular flexibility index (Phi) is 11.6. The van der Waals surface area contributed by atoms with E-state index in [1.54, 1.807) is 0 Å². The molecule has 12 N–H and O–H groups in total. The van der Waals surface area contributed by atoms with Gasteiger partial charge in [-0.3, -0.25) is 9.13 Å². The maximum atomic E-state index is 10.6. The summed E-state index contributed by atoms with van der Waals surface area (Å²) in [5, 5.41) is 49.2. The number of carbonyl (C=O) groups is 1. The molecule has 0 aliphatic rings. The zero-order valence-corrected chi connectivity index (χ0v) is 14.5. The lowest BCUT2D eigenvalue weighted by Crippen LogP contribution is -2.46. The zero-order valence-electron chi connectivity index (χ0n) is 12.7. The summed E-state index contributed by atoms with van der Waals surface area (Å²) in [6.45, 7) is -1.21. The molecule has 0 heterocycles. The lowest BCUT2D eigenvalue weighted by molar-refractivity contribution is -0.136. The number of hydrogen-bond donors (Lipinski definition) is 11. The third-order valence-corrected chi connectivity index (χ3v) is 6.71. The van der Waals surface area contributed by atoms with Crippen LogP contribution >= 0.6 is 15.2 Å². The predicted molar refractivity (Wildman–Crippen MR) is 79.9 cm³/mol. The van der Waals surface area contributed by atoms with E-state index in [2.05, 4.69) is 0 Å². The summed E-state index contributed by atoms with van der Waals surface area (Å²) in [5.74, 6) is 0. The highest BCUT2D eigenvalue weighted by Crippen LogP contribution is 2.68. The van der Waals surface area contributed by atoms with E-state index in [4.69, 9.17) is 55.9 Å². The Morgan fingerprint density at radius 2 is 1.36 bits per heavy atom. The van der Waals surface area contributed by atoms with Gasteiger partial charge in [-0.25, -0.2) is 0 Å². The molecule has 0 bridgehead atoms. The van der Waals surface area contributed by atoms with Crippen molar-refractivity contribution in [3.05, 3.63) is 0 Å². The fourth-order valence-electron chi connectivity index (χ4n) is 1.27. The second-order valence-corrected chi connectivity index (χ2v) is 8.77. The van der Waals surface area contributed by atoms with Crippen LogP contribution in [-0.4, -0.2) is 99.1 Å². The van der Waals surface area contributed by atoms with Crippen LogP contribution in [0.15, 0.2) is 0 Å². The van der Waals surface area contributed by atoms with E-state index in [0.717, 1.165) is 0 Å². The lowest BCUT2D eigenvalue weighted by Gasteiger charge is -2.28. The Bertz CT molecular complexity index is 468. The highest BCUT2D eigenvalue weighted by atomic mass is 31.2. The molecule has 0 spiro atoms. The molecule has 14 nitrogen and oxygen atoms in total. The maximum absolute atomic E-state index is 10.6. The van der Waals surface area contributed by atoms with Gasteiger partial charge >= 0.3 is 15.2 Å². The Labute approximate surface area is 141 Å². The molecular formula is C9H23NO13P2. The van der Waals surface area contributed by atoms with Gasteiger partial charge in [-0.2, -0.15) is 0 Å². The molecule has 0 radical (unpaired) electrons. The Morgan fingerprint density at radius 1 is 0.960 bits per heavy atom. The van der Waals surface area contributed by atoms with Crippen molar-refractivity contribution in [3.8, 4) is 0 Å². The van der Waals surface area contributed by atoms with Gasteiger partial charge in [0.1, 0.15) is 24.4 Å². The summed E-state index contributed by atoms with van der Waals surface area (Å²) in [7, 11) is -10.6. The van der Waals surface area contributed by atoms with E-state index in [1.807, 2.05) is 0 Å². The molecule has 0 amide bonds. The van der Waals surface area contributed by atoms with E-state index in [0.29, 0.717) is 0 Å². The molecule has 16 heteroatoms. The standard InChI is InChI=1S/C6H12O6.C3H11NO7P2/c7-1-3(9)5(11)6(12)4(10)2-8;4-2-1-3(5,12(6,7)8)13(9,10)11/h1,3-6,8-12H,2H2;5H,1-2,4H2,(H2,6,7,8)(H2,9,10,11)/t3-,4+,5+,6+;/m0./s1. The van der Waals surface area contributed by atoms with Gasteiger partial charge in [0.25, 0.3) is 5.08 Å². The molecule has 0 unspecified atom stereocenters. The van der Waals surface area contributed by atoms with Crippen molar-refractivity contribution in [2.75, 3.05) is 13.2 Å². The summed E-state index contributed by atoms with van der Waals surface area (Å²) in [5.41, 5.74) is 4.86. The fourth-order valence-corrected chi connectivity index (χ4v) is 3.47. The summed E-state index contributed by atoms with van der Waals surface area (Å²) >= 11 is 0. The quantitative estimate of drug-likeness (QED) is 0.124. The van der Waals surface area contributed by atoms with Gasteiger partial charge in [0.05, 0.1) is 6.61 Å². The molecule has 152 valence electrons. The molecular weight excluding hydrogens is 392 g/mol. The van der Waals surface area contributed by atoms with Crippen molar-refractivity contribution in [3.63, 3.8) is 0 Å². The second-order valence-electron chi connectivity index (χ2n) is 4.76. The van der Waals surface area contributed by atoms with E-state index in [1.165, 1.54) is 0 Å². The normalized spacial score (nSPS) is 17.7. The Hall–Kier alpha value is -0.310. The van der Waals surface area contributed by atoms with Gasteiger partial charge < -0.3 is 60.7 Å². The number of nitrogens with two attached hydrogens (primary N) is 1. The molecule has 4 atom stereocenters. The molecule has 0 aromatic heterocycles. The van der Waals surface area contributed by atoms with Gasteiger partial charge in [0.2, 0.25) is 0 Å². The van der Waals surface area contributed by atoms with Crippen LogP contribution in [0.5, 0.6) is 0 Å². The first-order valence-electron chi connectivity index (χ1n) is 6.42. The number of aliphatic hydroxyl groups is 6. The molecule has 0 rings (SSSR count). The second kappa shape index (κ2) is 10.7. The molecule has 0 aliphatic heterocycles. The molecule has 0 aromatic carbocycles. The SMILES string of the molecule is NCCC(O)(P(=O)(O)O)P(=O)(O)O.O=C[C@H](O)[C@@H](O)[C@H](O)[C@H](O)CO. The Morgan fingerprint density at radius 3 is 1.56 bits per heavy atom. The van der Waals surface area contributed by atoms with E-state index >= 15 is 0 Å². The van der Waals surface area contributed by atoms with Gasteiger partial charge in [-0.1, -0.05) is 0 Å². The molecule has 0 saturated carbocycles. The minimum atomic E-state index is -5.31. The lowest BCUT2D eigenvalue weighted by atomic mass is 10.0. The third-order valence-electron chi connectivity index (χ3n) is 2.83. The van der Waals surface area contributed by atoms with Crippen LogP contribution in [0.1, 0.15) is 6.42 Å². The third kappa shape index (κ3) is 7.85. The summed E-state index contributed by atoms with van der Waals surface area (Å²) in [6, 6.07) is 0. The monoisotopic (exact) mass is 415 g/mol. The molecule has 0 saturated heterocycles. The van der Waals surface area contributed by atoms with Crippen LogP contribution in [0, 0.1) is 0 Å². The first-order chi connectivity index (χ1) is 11.1. The summed E-state index contributed by atoms with van der Waals surface area (Å²) in [6.07, 6.45) is -7.71. The highest BCUT2D eigenvalue weighted by molar-refractivity contribution is 7.72. The Balaban J connectivity index is 0. The largest absolute Gasteiger partial charge is 0.394 e. The van der Waals surface area contributed by atoms with Crippen LogP contribution < -0.4 is 5.73 Å². The van der Waals surface area contributed by atoms with Gasteiger partial charge in [0.15, 0.2) is 6.29 Å². The number of aliphatic hydroxyl groups excluding tert-OH is 5. The van der Waals surface area contributed by atoms with Crippen molar-refractivity contribution in [2.45, 2.75) is 35.9 Å². The smallest absolute Gasteiger partial charge is 0.369 e. The maximum Gasteiger partial charge on any atom is 0.369 e. The van der Waals surface area contributed by atoms with Crippen molar-refractivity contribution >= 4 is 21.5 Å². The average molecular weight is 415 g/mol. The summed E-state index contributed by atoms with van der Waals surface area (Å²) < 4.78 is 21.2. The highest BCUT2D eigenvalue weighted by Gasteiger charge is 2.58. The van der Waals surface area contributed by atoms with Crippen LogP contribution in [0.2, 0.25) is 0 Å². The van der Waals surface area contributed by atoms with Gasteiger partial charge in [0, 0.05) is 6.42 Å². The topological polar surface area (TPSA) is 280 Å². The predicted octanol–water partition coefficient (Wildman–Crippen LogP) is -5.04. The minimum Gasteiger partial charge on any atom is -0.394 e. The van der Waals surface area contributed by atoms with Crippen LogP contribution in [0.25, 0.3) is 0 Å². The van der Waals surface area contributed by atoms with Crippen molar-refractivity contribution in [2.24, 2.45) is 5.73 Å². The molecule has 0 fully saturated rings. The van der Waals surface area contributed by atoms with E-state index in [9.17, 15) is 13.9 Å². The van der Waals surface area contributed by atoms with Crippen LogP contribution in [0.3, 0.4) is 0 Å². The molecule has 0 aromatic rings. The van der Waals surface area contributed by atoms with Crippen molar-refractivity contribution < 1.29 is 64.1 Å². The number of rotatable bonds is 9. The first-order valence-corrected chi connectivity index (χ1v) is 9.65. The average Bonchev–Trinajstić information content (AvgIpc) is 2.50. The van der Waals surface area contributed by atoms with E-state index < -0.39 is 64.3 Å². The van der Waals surface area contributed by atoms with E-state index in [-0.39, 0.29) is 6.29 Å². The fraction of sp³-hybridized carbons (Fsp3) is 0.889. The van der Waals surface area contributed by atoms with Crippen LogP contribution in [0.4, 0.5) is 0 Å². The molecule has 25 heavy (non-hydrogen) atoms. The first kappa shape index (κ1) is 26.9. The van der Waals surface area contributed by atoms with Crippen molar-refractivity contribution in [1.29, 1.82) is 0 Å².